The van der Waals surface area contributed by atoms with Crippen LogP contribution in [0.4, 0.5) is 0 Å². The summed E-state index contributed by atoms with van der Waals surface area (Å²) >= 11 is 0. The van der Waals surface area contributed by atoms with Crippen LogP contribution in [0.1, 0.15) is 44.9 Å². The fraction of sp³-hybridized carbons (Fsp3) is 1.00. The first-order chi connectivity index (χ1) is 8.85. The Balaban J connectivity index is 1.77. The summed E-state index contributed by atoms with van der Waals surface area (Å²) in [5, 5.41) is 3.60. The second-order valence-corrected chi connectivity index (χ2v) is 6.14. The molecule has 0 unspecified atom stereocenters. The van der Waals surface area contributed by atoms with E-state index in [0.29, 0.717) is 5.41 Å². The van der Waals surface area contributed by atoms with Crippen LogP contribution >= 0.6 is 0 Å². The van der Waals surface area contributed by atoms with Gasteiger partial charge in [-0.1, -0.05) is 12.8 Å². The molecular formula is C15H29NO2. The minimum absolute atomic E-state index is 0.579. The first kappa shape index (κ1) is 14.3. The molecule has 3 heteroatoms. The highest BCUT2D eigenvalue weighted by Gasteiger charge is 2.35. The van der Waals surface area contributed by atoms with Gasteiger partial charge in [0.2, 0.25) is 0 Å². The zero-order valence-corrected chi connectivity index (χ0v) is 11.9. The summed E-state index contributed by atoms with van der Waals surface area (Å²) in [5.41, 5.74) is 0.579. The van der Waals surface area contributed by atoms with E-state index in [1.165, 1.54) is 51.5 Å². The predicted octanol–water partition coefficient (Wildman–Crippen LogP) is 2.60. The molecule has 1 heterocycles. The van der Waals surface area contributed by atoms with Crippen molar-refractivity contribution < 1.29 is 9.47 Å². The van der Waals surface area contributed by atoms with Gasteiger partial charge < -0.3 is 14.8 Å². The van der Waals surface area contributed by atoms with Crippen LogP contribution in [-0.2, 0) is 9.47 Å². The van der Waals surface area contributed by atoms with Crippen molar-refractivity contribution in [3.63, 3.8) is 0 Å². The average molecular weight is 255 g/mol. The van der Waals surface area contributed by atoms with E-state index in [1.54, 1.807) is 7.11 Å². The number of nitrogens with one attached hydrogen (secondary N) is 1. The summed E-state index contributed by atoms with van der Waals surface area (Å²) in [6.07, 6.45) is 9.66. The van der Waals surface area contributed by atoms with Crippen LogP contribution in [0.2, 0.25) is 0 Å². The summed E-state index contributed by atoms with van der Waals surface area (Å²) in [4.78, 5) is 0. The summed E-state index contributed by atoms with van der Waals surface area (Å²) in [5.74, 6) is 0.904. The Morgan fingerprint density at radius 3 is 2.61 bits per heavy atom. The van der Waals surface area contributed by atoms with Gasteiger partial charge in [-0.2, -0.15) is 0 Å². The van der Waals surface area contributed by atoms with Crippen LogP contribution in [0.25, 0.3) is 0 Å². The molecule has 0 aromatic heterocycles. The van der Waals surface area contributed by atoms with Crippen molar-refractivity contribution in [3.05, 3.63) is 0 Å². The van der Waals surface area contributed by atoms with E-state index in [2.05, 4.69) is 5.32 Å². The Kier molecular flexibility index (Phi) is 5.93. The lowest BCUT2D eigenvalue weighted by molar-refractivity contribution is 0.0466. The fourth-order valence-corrected chi connectivity index (χ4v) is 3.67. The number of ether oxygens (including phenoxy) is 2. The average Bonchev–Trinajstić information content (AvgIpc) is 2.85. The lowest BCUT2D eigenvalue weighted by Gasteiger charge is -2.35. The van der Waals surface area contributed by atoms with E-state index >= 15 is 0 Å². The standard InChI is InChI=1S/C15H29NO2/c1-17-11-8-16-13-15(6-2-3-7-15)12-14-4-9-18-10-5-14/h14,16H,2-13H2,1H3. The van der Waals surface area contributed by atoms with Crippen molar-refractivity contribution in [2.45, 2.75) is 44.9 Å². The zero-order chi connectivity index (χ0) is 12.7. The second-order valence-electron chi connectivity index (χ2n) is 6.14. The van der Waals surface area contributed by atoms with Gasteiger partial charge in [-0.25, -0.2) is 0 Å². The maximum atomic E-state index is 5.48. The third-order valence-electron chi connectivity index (χ3n) is 4.71. The van der Waals surface area contributed by atoms with Gasteiger partial charge >= 0.3 is 0 Å². The van der Waals surface area contributed by atoms with E-state index in [-0.39, 0.29) is 0 Å². The van der Waals surface area contributed by atoms with E-state index in [4.69, 9.17) is 9.47 Å². The molecule has 0 radical (unpaired) electrons. The molecule has 106 valence electrons. The minimum Gasteiger partial charge on any atom is -0.383 e. The van der Waals surface area contributed by atoms with Crippen molar-refractivity contribution in [2.75, 3.05) is 40.0 Å². The molecule has 3 nitrogen and oxygen atoms in total. The number of hydrogen-bond acceptors (Lipinski definition) is 3. The van der Waals surface area contributed by atoms with Gasteiger partial charge in [0.15, 0.2) is 0 Å². The molecule has 0 aromatic carbocycles. The second kappa shape index (κ2) is 7.46. The van der Waals surface area contributed by atoms with Crippen LogP contribution in [0.15, 0.2) is 0 Å². The Hall–Kier alpha value is -0.120. The van der Waals surface area contributed by atoms with Crippen LogP contribution in [-0.4, -0.2) is 40.0 Å². The van der Waals surface area contributed by atoms with Gasteiger partial charge in [0.25, 0.3) is 0 Å². The number of methoxy groups -OCH3 is 1. The predicted molar refractivity (Wildman–Crippen MR) is 73.8 cm³/mol. The van der Waals surface area contributed by atoms with E-state index in [0.717, 1.165) is 32.3 Å². The Morgan fingerprint density at radius 2 is 1.94 bits per heavy atom. The highest BCUT2D eigenvalue weighted by atomic mass is 16.5. The Bertz CT molecular complexity index is 221. The highest BCUT2D eigenvalue weighted by Crippen LogP contribution is 2.44. The van der Waals surface area contributed by atoms with Gasteiger partial charge in [0.1, 0.15) is 0 Å². The first-order valence-corrected chi connectivity index (χ1v) is 7.62. The molecule has 18 heavy (non-hydrogen) atoms. The molecular weight excluding hydrogens is 226 g/mol. The quantitative estimate of drug-likeness (QED) is 0.709. The third kappa shape index (κ3) is 4.22. The monoisotopic (exact) mass is 255 g/mol. The normalized spacial score (nSPS) is 24.5. The van der Waals surface area contributed by atoms with Crippen molar-refractivity contribution in [2.24, 2.45) is 11.3 Å². The maximum Gasteiger partial charge on any atom is 0.0587 e. The van der Waals surface area contributed by atoms with Crippen molar-refractivity contribution >= 4 is 0 Å². The van der Waals surface area contributed by atoms with Crippen LogP contribution in [0.5, 0.6) is 0 Å². The lowest BCUT2D eigenvalue weighted by Crippen LogP contribution is -2.36. The molecule has 1 N–H and O–H groups in total. The zero-order valence-electron chi connectivity index (χ0n) is 11.9. The molecule has 0 amide bonds. The lowest BCUT2D eigenvalue weighted by atomic mass is 9.75. The molecule has 1 saturated heterocycles. The van der Waals surface area contributed by atoms with Crippen molar-refractivity contribution in [1.82, 2.24) is 5.32 Å². The van der Waals surface area contributed by atoms with Gasteiger partial charge in [0.05, 0.1) is 6.61 Å². The minimum atomic E-state index is 0.579. The summed E-state index contributed by atoms with van der Waals surface area (Å²) in [7, 11) is 1.77. The smallest absolute Gasteiger partial charge is 0.0587 e. The molecule has 2 rings (SSSR count). The van der Waals surface area contributed by atoms with Crippen LogP contribution < -0.4 is 5.32 Å². The van der Waals surface area contributed by atoms with E-state index in [9.17, 15) is 0 Å². The molecule has 2 fully saturated rings. The summed E-state index contributed by atoms with van der Waals surface area (Å²) < 4.78 is 10.6. The fourth-order valence-electron chi connectivity index (χ4n) is 3.67. The molecule has 0 atom stereocenters. The Morgan fingerprint density at radius 1 is 1.22 bits per heavy atom. The van der Waals surface area contributed by atoms with Gasteiger partial charge in [-0.05, 0) is 43.4 Å². The Labute approximate surface area is 112 Å². The largest absolute Gasteiger partial charge is 0.383 e. The van der Waals surface area contributed by atoms with Crippen LogP contribution in [0.3, 0.4) is 0 Å². The maximum absolute atomic E-state index is 5.48. The molecule has 2 aliphatic rings. The molecule has 1 saturated carbocycles. The van der Waals surface area contributed by atoms with Gasteiger partial charge in [-0.3, -0.25) is 0 Å². The molecule has 0 aromatic rings. The van der Waals surface area contributed by atoms with E-state index < -0.39 is 0 Å². The number of hydrogen-bond donors (Lipinski definition) is 1. The van der Waals surface area contributed by atoms with Gasteiger partial charge in [0, 0.05) is 33.4 Å². The van der Waals surface area contributed by atoms with Crippen LogP contribution in [0, 0.1) is 11.3 Å². The third-order valence-corrected chi connectivity index (χ3v) is 4.71. The SMILES string of the molecule is COCCNCC1(CC2CCOCC2)CCCC1. The van der Waals surface area contributed by atoms with Gasteiger partial charge in [-0.15, -0.1) is 0 Å². The molecule has 1 aliphatic carbocycles. The summed E-state index contributed by atoms with van der Waals surface area (Å²) in [6.45, 7) is 4.97. The highest BCUT2D eigenvalue weighted by molar-refractivity contribution is 4.89. The first-order valence-electron chi connectivity index (χ1n) is 7.62. The molecule has 1 aliphatic heterocycles. The topological polar surface area (TPSA) is 30.5 Å². The number of rotatable bonds is 7. The van der Waals surface area contributed by atoms with Crippen molar-refractivity contribution in [3.8, 4) is 0 Å². The van der Waals surface area contributed by atoms with E-state index in [1.807, 2.05) is 0 Å². The molecule has 0 bridgehead atoms. The van der Waals surface area contributed by atoms with Crippen molar-refractivity contribution in [1.29, 1.82) is 0 Å². The summed E-state index contributed by atoms with van der Waals surface area (Å²) in [6, 6.07) is 0. The molecule has 0 spiro atoms.